The molecular weight excluding hydrogens is 338 g/mol. The van der Waals surface area contributed by atoms with Gasteiger partial charge in [-0.3, -0.25) is 9.59 Å². The number of aryl methyl sites for hydroxylation is 1. The Morgan fingerprint density at radius 1 is 1.12 bits per heavy atom. The third-order valence-corrected chi connectivity index (χ3v) is 4.15. The number of ether oxygens (including phenoxy) is 1. The van der Waals surface area contributed by atoms with E-state index >= 15 is 0 Å². The summed E-state index contributed by atoms with van der Waals surface area (Å²) in [6, 6.07) is 10.9. The van der Waals surface area contributed by atoms with Crippen molar-refractivity contribution in [2.75, 3.05) is 13.1 Å². The molecule has 4 rings (SSSR count). The Labute approximate surface area is 147 Å². The van der Waals surface area contributed by atoms with Crippen LogP contribution >= 0.6 is 0 Å². The van der Waals surface area contributed by atoms with Gasteiger partial charge in [-0.15, -0.1) is 0 Å². The second-order valence-corrected chi connectivity index (χ2v) is 6.14. The number of para-hydroxylation sites is 1. The van der Waals surface area contributed by atoms with E-state index in [1.165, 1.54) is 17.0 Å². The number of carbonyl (C=O) groups excluding carboxylic acids is 1. The molecule has 26 heavy (non-hydrogen) atoms. The maximum Gasteiger partial charge on any atom is 0.339 e. The molecule has 3 heterocycles. The summed E-state index contributed by atoms with van der Waals surface area (Å²) < 4.78 is 16.1. The number of hydrogen-bond acceptors (Lipinski definition) is 6. The van der Waals surface area contributed by atoms with Crippen molar-refractivity contribution in [2.24, 2.45) is 0 Å². The molecule has 0 saturated carbocycles. The van der Waals surface area contributed by atoms with Gasteiger partial charge in [-0.05, 0) is 19.1 Å². The molecular formula is C19H15NO6. The molecule has 0 bridgehead atoms. The van der Waals surface area contributed by atoms with Crippen LogP contribution in [0.15, 0.2) is 60.9 Å². The highest BCUT2D eigenvalue weighted by Gasteiger charge is 2.34. The van der Waals surface area contributed by atoms with E-state index in [-0.39, 0.29) is 23.2 Å². The number of fused-ring (bicyclic) bond motifs is 1. The van der Waals surface area contributed by atoms with E-state index in [0.717, 1.165) is 0 Å². The highest BCUT2D eigenvalue weighted by Crippen LogP contribution is 2.20. The molecule has 0 aliphatic carbocycles. The van der Waals surface area contributed by atoms with Crippen LogP contribution in [0.4, 0.5) is 0 Å². The van der Waals surface area contributed by atoms with Gasteiger partial charge in [0, 0.05) is 12.1 Å². The number of amides is 1. The Bertz CT molecular complexity index is 1110. The van der Waals surface area contributed by atoms with Crippen LogP contribution in [0.5, 0.6) is 5.75 Å². The van der Waals surface area contributed by atoms with Crippen molar-refractivity contribution in [1.82, 2.24) is 4.90 Å². The lowest BCUT2D eigenvalue weighted by Gasteiger charge is -2.38. The zero-order valence-corrected chi connectivity index (χ0v) is 13.9. The lowest BCUT2D eigenvalue weighted by molar-refractivity contribution is 0.0153. The van der Waals surface area contributed by atoms with E-state index in [4.69, 9.17) is 13.6 Å². The summed E-state index contributed by atoms with van der Waals surface area (Å²) in [5, 5.41) is 0.437. The van der Waals surface area contributed by atoms with Crippen molar-refractivity contribution in [3.8, 4) is 5.75 Å². The first-order valence-electron chi connectivity index (χ1n) is 8.10. The van der Waals surface area contributed by atoms with Gasteiger partial charge < -0.3 is 18.5 Å². The van der Waals surface area contributed by atoms with Crippen molar-refractivity contribution in [2.45, 2.75) is 13.0 Å². The fraction of sp³-hybridized carbons (Fsp3) is 0.211. The molecule has 1 aliphatic rings. The number of rotatable bonds is 3. The Hall–Kier alpha value is -3.35. The van der Waals surface area contributed by atoms with Gasteiger partial charge in [-0.1, -0.05) is 12.1 Å². The van der Waals surface area contributed by atoms with E-state index in [9.17, 15) is 14.4 Å². The van der Waals surface area contributed by atoms with Gasteiger partial charge in [0.2, 0.25) is 0 Å². The number of nitrogens with zero attached hydrogens (tertiary/aromatic N) is 1. The van der Waals surface area contributed by atoms with Crippen molar-refractivity contribution in [1.29, 1.82) is 0 Å². The summed E-state index contributed by atoms with van der Waals surface area (Å²) in [6.07, 6.45) is -0.229. The molecule has 1 amide bonds. The molecule has 0 spiro atoms. The largest absolute Gasteiger partial charge is 0.486 e. The fourth-order valence-corrected chi connectivity index (χ4v) is 2.88. The van der Waals surface area contributed by atoms with Crippen LogP contribution in [0.2, 0.25) is 0 Å². The average Bonchev–Trinajstić information content (AvgIpc) is 2.56. The summed E-state index contributed by atoms with van der Waals surface area (Å²) in [7, 11) is 0. The minimum Gasteiger partial charge on any atom is -0.486 e. The second-order valence-electron chi connectivity index (χ2n) is 6.14. The summed E-state index contributed by atoms with van der Waals surface area (Å²) in [4.78, 5) is 37.5. The first-order valence-corrected chi connectivity index (χ1v) is 8.10. The van der Waals surface area contributed by atoms with Gasteiger partial charge in [-0.2, -0.15) is 0 Å². The Balaban J connectivity index is 1.46. The molecule has 1 aromatic carbocycles. The molecule has 1 saturated heterocycles. The van der Waals surface area contributed by atoms with Gasteiger partial charge >= 0.3 is 5.63 Å². The number of likely N-dealkylation sites (tertiary alicyclic amines) is 1. The zero-order valence-electron chi connectivity index (χ0n) is 13.9. The molecule has 0 unspecified atom stereocenters. The molecule has 0 N–H and O–H groups in total. The van der Waals surface area contributed by atoms with Gasteiger partial charge in [-0.25, -0.2) is 4.79 Å². The first-order chi connectivity index (χ1) is 12.5. The van der Waals surface area contributed by atoms with Crippen molar-refractivity contribution in [3.05, 3.63) is 74.6 Å². The Morgan fingerprint density at radius 2 is 1.88 bits per heavy atom. The predicted octanol–water partition coefficient (Wildman–Crippen LogP) is 1.96. The molecule has 7 nitrogen and oxygen atoms in total. The van der Waals surface area contributed by atoms with Crippen LogP contribution in [-0.2, 0) is 0 Å². The topological polar surface area (TPSA) is 90.0 Å². The quantitative estimate of drug-likeness (QED) is 0.715. The molecule has 0 radical (unpaired) electrons. The van der Waals surface area contributed by atoms with Crippen LogP contribution in [0.3, 0.4) is 0 Å². The van der Waals surface area contributed by atoms with Crippen LogP contribution < -0.4 is 15.8 Å². The van der Waals surface area contributed by atoms with E-state index < -0.39 is 5.63 Å². The average molecular weight is 353 g/mol. The van der Waals surface area contributed by atoms with E-state index in [2.05, 4.69) is 0 Å². The highest BCUT2D eigenvalue weighted by molar-refractivity contribution is 5.93. The summed E-state index contributed by atoms with van der Waals surface area (Å²) in [5.74, 6) is 0.505. The molecule has 1 fully saturated rings. The first kappa shape index (κ1) is 16.1. The third-order valence-electron chi connectivity index (χ3n) is 4.15. The normalized spacial score (nSPS) is 14.3. The molecule has 1 aliphatic heterocycles. The predicted molar refractivity (Wildman–Crippen MR) is 92.5 cm³/mol. The van der Waals surface area contributed by atoms with Crippen LogP contribution in [0.1, 0.15) is 16.3 Å². The number of benzene rings is 1. The van der Waals surface area contributed by atoms with Crippen LogP contribution in [-0.4, -0.2) is 30.0 Å². The Kier molecular flexibility index (Phi) is 3.84. The standard InChI is InChI=1S/C19H15NO6/c1-11-6-12(7-18(22)24-11)25-13-9-20(10-13)19(23)17-8-15(21)14-4-2-3-5-16(14)26-17/h2-8,13H,9-10H2,1H3. The van der Waals surface area contributed by atoms with Gasteiger partial charge in [0.15, 0.2) is 11.2 Å². The van der Waals surface area contributed by atoms with Gasteiger partial charge in [0.05, 0.1) is 24.5 Å². The molecule has 0 atom stereocenters. The summed E-state index contributed by atoms with van der Waals surface area (Å²) in [6.45, 7) is 2.34. The number of carbonyl (C=O) groups is 1. The SMILES string of the molecule is Cc1cc(OC2CN(C(=O)c3cc(=O)c4ccccc4o3)C2)cc(=O)o1. The zero-order chi connectivity index (χ0) is 18.3. The van der Waals surface area contributed by atoms with Crippen molar-refractivity contribution < 1.29 is 18.4 Å². The molecule has 2 aromatic heterocycles. The lowest BCUT2D eigenvalue weighted by Crippen LogP contribution is -2.56. The maximum atomic E-state index is 12.5. The van der Waals surface area contributed by atoms with Gasteiger partial charge in [0.1, 0.15) is 23.2 Å². The summed E-state index contributed by atoms with van der Waals surface area (Å²) in [5.41, 5.74) is -0.358. The minimum atomic E-state index is -0.481. The van der Waals surface area contributed by atoms with E-state index in [0.29, 0.717) is 35.6 Å². The monoisotopic (exact) mass is 353 g/mol. The van der Waals surface area contributed by atoms with Crippen LogP contribution in [0, 0.1) is 6.92 Å². The fourth-order valence-electron chi connectivity index (χ4n) is 2.88. The minimum absolute atomic E-state index is 0.00310. The summed E-state index contributed by atoms with van der Waals surface area (Å²) >= 11 is 0. The van der Waals surface area contributed by atoms with Crippen LogP contribution in [0.25, 0.3) is 11.0 Å². The van der Waals surface area contributed by atoms with E-state index in [1.807, 2.05) is 0 Å². The van der Waals surface area contributed by atoms with Crippen molar-refractivity contribution >= 4 is 16.9 Å². The number of hydrogen-bond donors (Lipinski definition) is 0. The molecule has 7 heteroatoms. The third kappa shape index (κ3) is 2.99. The lowest BCUT2D eigenvalue weighted by atomic mass is 10.1. The van der Waals surface area contributed by atoms with Gasteiger partial charge in [0.25, 0.3) is 5.91 Å². The maximum absolute atomic E-state index is 12.5. The highest BCUT2D eigenvalue weighted by atomic mass is 16.5. The second kappa shape index (κ2) is 6.18. The Morgan fingerprint density at radius 3 is 2.65 bits per heavy atom. The smallest absolute Gasteiger partial charge is 0.339 e. The molecule has 3 aromatic rings. The van der Waals surface area contributed by atoms with Crippen molar-refractivity contribution in [3.63, 3.8) is 0 Å². The van der Waals surface area contributed by atoms with E-state index in [1.54, 1.807) is 37.3 Å². The molecule has 132 valence electrons.